The highest BCUT2D eigenvalue weighted by Crippen LogP contribution is 2.34. The van der Waals surface area contributed by atoms with Gasteiger partial charge in [0.15, 0.2) is 6.29 Å². The summed E-state index contributed by atoms with van der Waals surface area (Å²) in [6, 6.07) is 14.3. The fraction of sp³-hybridized carbons (Fsp3) is 0.312. The molecule has 0 bridgehead atoms. The van der Waals surface area contributed by atoms with E-state index in [9.17, 15) is 14.0 Å². The van der Waals surface area contributed by atoms with Crippen molar-refractivity contribution in [2.75, 3.05) is 26.7 Å². The third-order valence-corrected chi connectivity index (χ3v) is 7.34. The highest BCUT2D eigenvalue weighted by atomic mass is 19.1. The zero-order valence-electron chi connectivity index (χ0n) is 23.8. The summed E-state index contributed by atoms with van der Waals surface area (Å²) in [6.45, 7) is 13.1. The summed E-state index contributed by atoms with van der Waals surface area (Å²) in [4.78, 5) is 33.6. The molecule has 2 aromatic rings. The molecule has 0 N–H and O–H groups in total. The summed E-state index contributed by atoms with van der Waals surface area (Å²) in [5.41, 5.74) is 4.33. The molecule has 0 aromatic heterocycles. The van der Waals surface area contributed by atoms with Crippen LogP contribution in [0.1, 0.15) is 50.3 Å². The van der Waals surface area contributed by atoms with E-state index in [4.69, 9.17) is 5.10 Å². The molecule has 1 amide bonds. The molecule has 2 aromatic carbocycles. The van der Waals surface area contributed by atoms with Crippen molar-refractivity contribution in [1.82, 2.24) is 14.8 Å². The second-order valence-electron chi connectivity index (χ2n) is 10.2. The van der Waals surface area contributed by atoms with Crippen molar-refractivity contribution in [1.29, 1.82) is 0 Å². The van der Waals surface area contributed by atoms with Crippen LogP contribution in [0.15, 0.2) is 83.1 Å². The monoisotopic (exact) mass is 541 g/mol. The minimum atomic E-state index is -0.368. The Balaban J connectivity index is 1.90. The Kier molecular flexibility index (Phi) is 8.77. The maximum atomic E-state index is 15.0. The van der Waals surface area contributed by atoms with Crippen molar-refractivity contribution in [3.63, 3.8) is 0 Å². The van der Waals surface area contributed by atoms with Crippen LogP contribution in [0.3, 0.4) is 0 Å². The van der Waals surface area contributed by atoms with Crippen molar-refractivity contribution in [3.8, 4) is 0 Å². The van der Waals surface area contributed by atoms with Crippen LogP contribution in [-0.4, -0.2) is 71.4 Å². The number of amides is 1. The van der Waals surface area contributed by atoms with Gasteiger partial charge in [-0.2, -0.15) is 10.1 Å². The number of carbonyl (C=O) groups is 2. The largest absolute Gasteiger partial charge is 0.335 e. The topological polar surface area (TPSA) is 68.6 Å². The van der Waals surface area contributed by atoms with Gasteiger partial charge >= 0.3 is 0 Å². The van der Waals surface area contributed by atoms with Crippen LogP contribution in [-0.2, 0) is 9.59 Å². The second kappa shape index (κ2) is 12.2. The van der Waals surface area contributed by atoms with Gasteiger partial charge in [-0.05, 0) is 49.1 Å². The fourth-order valence-electron chi connectivity index (χ4n) is 5.29. The van der Waals surface area contributed by atoms with Gasteiger partial charge in [0.2, 0.25) is 11.9 Å². The van der Waals surface area contributed by atoms with Gasteiger partial charge < -0.3 is 9.80 Å². The normalized spacial score (nSPS) is 19.3. The zero-order valence-corrected chi connectivity index (χ0v) is 23.8. The lowest BCUT2D eigenvalue weighted by Crippen LogP contribution is -2.58. The van der Waals surface area contributed by atoms with Gasteiger partial charge in [0, 0.05) is 49.4 Å². The molecule has 1 atom stereocenters. The molecule has 0 saturated carbocycles. The van der Waals surface area contributed by atoms with E-state index in [0.717, 1.165) is 17.4 Å². The van der Waals surface area contributed by atoms with Gasteiger partial charge in [-0.3, -0.25) is 14.6 Å². The summed E-state index contributed by atoms with van der Waals surface area (Å²) < 4.78 is 15.0. The number of piperazine rings is 1. The number of rotatable bonds is 5. The predicted octanol–water partition coefficient (Wildman–Crippen LogP) is 5.34. The summed E-state index contributed by atoms with van der Waals surface area (Å²) in [5, 5.41) is 6.59. The third kappa shape index (κ3) is 5.52. The molecule has 1 saturated heterocycles. The first-order chi connectivity index (χ1) is 19.2. The van der Waals surface area contributed by atoms with Crippen LogP contribution in [0.4, 0.5) is 4.39 Å². The molecular weight excluding hydrogens is 505 g/mol. The second-order valence-corrected chi connectivity index (χ2v) is 10.2. The average Bonchev–Trinajstić information content (AvgIpc) is 2.95. The zero-order chi connectivity index (χ0) is 29.0. The van der Waals surface area contributed by atoms with E-state index in [1.54, 1.807) is 35.2 Å². The Hall–Kier alpha value is -4.33. The predicted molar refractivity (Wildman–Crippen MR) is 159 cm³/mol. The van der Waals surface area contributed by atoms with Crippen LogP contribution in [0.5, 0.6) is 0 Å². The molecule has 8 heteroatoms. The first-order valence-electron chi connectivity index (χ1n) is 13.5. The first-order valence-corrected chi connectivity index (χ1v) is 13.5. The lowest BCUT2D eigenvalue weighted by molar-refractivity contribution is -0.128. The van der Waals surface area contributed by atoms with E-state index in [-0.39, 0.29) is 23.7 Å². The van der Waals surface area contributed by atoms with Crippen LogP contribution in [0, 0.1) is 5.82 Å². The smallest absolute Gasteiger partial charge is 0.246 e. The molecule has 1 unspecified atom stereocenters. The minimum Gasteiger partial charge on any atom is -0.335 e. The highest BCUT2D eigenvalue weighted by molar-refractivity contribution is 6.25. The number of hydrogen-bond acceptors (Lipinski definition) is 4. The molecule has 2 heterocycles. The maximum absolute atomic E-state index is 15.0. The number of benzene rings is 2. The van der Waals surface area contributed by atoms with Gasteiger partial charge in [-0.25, -0.2) is 4.39 Å². The lowest BCUT2D eigenvalue weighted by Gasteiger charge is -2.43. The Bertz CT molecular complexity index is 1440. The Labute approximate surface area is 235 Å². The van der Waals surface area contributed by atoms with Crippen LogP contribution in [0.25, 0.3) is 11.1 Å². The van der Waals surface area contributed by atoms with E-state index < -0.39 is 0 Å². The van der Waals surface area contributed by atoms with Crippen molar-refractivity contribution in [2.45, 2.75) is 39.7 Å². The van der Waals surface area contributed by atoms with Gasteiger partial charge in [0.25, 0.3) is 0 Å². The van der Waals surface area contributed by atoms with E-state index in [1.807, 2.05) is 44.2 Å². The molecular formula is C32H36FN5O2. The molecule has 0 aliphatic carbocycles. The SMILES string of the molecule is C=CC(=O)N1CCN(C(=NC)N2N=C(C)C(c3ccccc3F)=C/C2=C(/C=O)c2ccccc2C(C)C)C(C)C1. The Morgan fingerprint density at radius 3 is 2.48 bits per heavy atom. The van der Waals surface area contributed by atoms with E-state index in [2.05, 4.69) is 30.3 Å². The van der Waals surface area contributed by atoms with Crippen molar-refractivity contribution in [2.24, 2.45) is 10.1 Å². The molecule has 2 aliphatic rings. The molecule has 0 radical (unpaired) electrons. The number of guanidine groups is 1. The summed E-state index contributed by atoms with van der Waals surface area (Å²) in [6.07, 6.45) is 4.00. The lowest BCUT2D eigenvalue weighted by atomic mass is 9.90. The van der Waals surface area contributed by atoms with E-state index >= 15 is 0 Å². The number of halogens is 1. The van der Waals surface area contributed by atoms with Crippen molar-refractivity contribution >= 4 is 35.0 Å². The molecule has 4 rings (SSSR count). The van der Waals surface area contributed by atoms with Crippen LogP contribution in [0.2, 0.25) is 0 Å². The van der Waals surface area contributed by atoms with Crippen LogP contribution >= 0.6 is 0 Å². The van der Waals surface area contributed by atoms with Gasteiger partial charge in [0.1, 0.15) is 5.82 Å². The molecule has 2 aliphatic heterocycles. The number of nitrogens with zero attached hydrogens (tertiary/aromatic N) is 5. The quantitative estimate of drug-likeness (QED) is 0.222. The van der Waals surface area contributed by atoms with Crippen molar-refractivity contribution in [3.05, 3.63) is 95.5 Å². The summed E-state index contributed by atoms with van der Waals surface area (Å²) in [5.74, 6) is 0.226. The third-order valence-electron chi connectivity index (χ3n) is 7.34. The highest BCUT2D eigenvalue weighted by Gasteiger charge is 2.34. The van der Waals surface area contributed by atoms with Crippen molar-refractivity contribution < 1.29 is 14.0 Å². The number of hydrazone groups is 1. The molecule has 40 heavy (non-hydrogen) atoms. The van der Waals surface area contributed by atoms with Gasteiger partial charge in [-0.15, -0.1) is 0 Å². The first kappa shape index (κ1) is 28.7. The molecule has 7 nitrogen and oxygen atoms in total. The minimum absolute atomic E-state index is 0.0762. The standard InChI is InChI=1S/C32H36FN5O2/c1-7-31(40)36-16-17-37(22(4)19-36)32(34-6)38-30(28(20-39)25-13-9-8-12-24(25)21(2)3)18-27(23(5)35-38)26-14-10-11-15-29(26)33/h7-15,18,20-22H,1,16-17,19H2,2-6H3/b30-28+,34-32?. The Morgan fingerprint density at radius 2 is 1.85 bits per heavy atom. The van der Waals surface area contributed by atoms with E-state index in [1.165, 1.54) is 12.1 Å². The van der Waals surface area contributed by atoms with Gasteiger partial charge in [0.05, 0.1) is 11.4 Å². The summed E-state index contributed by atoms with van der Waals surface area (Å²) >= 11 is 0. The number of hydrogen-bond donors (Lipinski definition) is 0. The maximum Gasteiger partial charge on any atom is 0.246 e. The fourth-order valence-corrected chi connectivity index (χ4v) is 5.29. The number of carbonyl (C=O) groups excluding carboxylic acids is 2. The van der Waals surface area contributed by atoms with Crippen LogP contribution < -0.4 is 0 Å². The Morgan fingerprint density at radius 1 is 1.15 bits per heavy atom. The molecule has 0 spiro atoms. The molecule has 1 fully saturated rings. The number of aldehydes is 1. The average molecular weight is 542 g/mol. The number of allylic oxidation sites excluding steroid dienone is 3. The van der Waals surface area contributed by atoms with E-state index in [0.29, 0.717) is 53.7 Å². The molecule has 208 valence electrons. The number of aliphatic imine (C=N–C) groups is 1. The summed E-state index contributed by atoms with van der Waals surface area (Å²) in [7, 11) is 1.69. The van der Waals surface area contributed by atoms with Gasteiger partial charge in [-0.1, -0.05) is 62.9 Å².